The Balaban J connectivity index is 1.49. The number of hydrogen-bond acceptors (Lipinski definition) is 9. The largest absolute Gasteiger partial charge is 0.491 e. The van der Waals surface area contributed by atoms with Crippen LogP contribution >= 0.6 is 0 Å². The molecular formula is C30H34N6O4. The molecule has 0 saturated heterocycles. The smallest absolute Gasteiger partial charge is 0.407 e. The summed E-state index contributed by atoms with van der Waals surface area (Å²) in [6, 6.07) is 15.3. The second-order valence-corrected chi connectivity index (χ2v) is 10.3. The summed E-state index contributed by atoms with van der Waals surface area (Å²) in [6.45, 7) is 11.9. The van der Waals surface area contributed by atoms with Gasteiger partial charge in [0.25, 0.3) is 11.8 Å². The highest BCUT2D eigenvalue weighted by Gasteiger charge is 2.19. The number of benzene rings is 2. The molecule has 40 heavy (non-hydrogen) atoms. The van der Waals surface area contributed by atoms with E-state index in [1.54, 1.807) is 12.3 Å². The number of rotatable bonds is 9. The van der Waals surface area contributed by atoms with Crippen LogP contribution in [0, 0.1) is 6.92 Å². The van der Waals surface area contributed by atoms with Crippen LogP contribution in [0.5, 0.6) is 5.75 Å². The Bertz CT molecular complexity index is 1490. The molecule has 2 aromatic heterocycles. The maximum atomic E-state index is 11.9. The average Bonchev–Trinajstić information content (AvgIpc) is 3.40. The van der Waals surface area contributed by atoms with Crippen molar-refractivity contribution < 1.29 is 18.7 Å². The summed E-state index contributed by atoms with van der Waals surface area (Å²) in [5.41, 5.74) is 4.75. The molecule has 0 aliphatic heterocycles. The molecule has 0 atom stereocenters. The van der Waals surface area contributed by atoms with Crippen molar-refractivity contribution in [3.8, 4) is 40.0 Å². The maximum Gasteiger partial charge on any atom is 0.407 e. The predicted octanol–water partition coefficient (Wildman–Crippen LogP) is 5.60. The van der Waals surface area contributed by atoms with Gasteiger partial charge in [-0.15, -0.1) is 10.2 Å². The maximum absolute atomic E-state index is 11.9. The van der Waals surface area contributed by atoms with Crippen molar-refractivity contribution in [2.24, 2.45) is 0 Å². The van der Waals surface area contributed by atoms with Gasteiger partial charge in [0.1, 0.15) is 23.7 Å². The Hall–Kier alpha value is -4.73. The molecule has 0 radical (unpaired) electrons. The van der Waals surface area contributed by atoms with Gasteiger partial charge < -0.3 is 24.1 Å². The predicted molar refractivity (Wildman–Crippen MR) is 153 cm³/mol. The van der Waals surface area contributed by atoms with Crippen molar-refractivity contribution in [3.05, 3.63) is 72.6 Å². The highest BCUT2D eigenvalue weighted by Crippen LogP contribution is 2.32. The first-order chi connectivity index (χ1) is 19.0. The number of ether oxygens (including phenoxy) is 2. The van der Waals surface area contributed by atoms with Crippen LogP contribution in [0.15, 0.2) is 65.7 Å². The quantitative estimate of drug-likeness (QED) is 0.270. The number of aromatic nitrogens is 4. The minimum Gasteiger partial charge on any atom is -0.491 e. The zero-order valence-corrected chi connectivity index (χ0v) is 23.7. The van der Waals surface area contributed by atoms with E-state index in [0.717, 1.165) is 16.8 Å². The van der Waals surface area contributed by atoms with E-state index < -0.39 is 11.7 Å². The molecule has 4 rings (SSSR count). The molecule has 10 nitrogen and oxygen atoms in total. The lowest BCUT2D eigenvalue weighted by Crippen LogP contribution is -2.34. The number of carbonyl (C=O) groups is 1. The van der Waals surface area contributed by atoms with Crippen LogP contribution in [0.2, 0.25) is 0 Å². The van der Waals surface area contributed by atoms with Crippen LogP contribution in [-0.4, -0.2) is 64.0 Å². The van der Waals surface area contributed by atoms with Crippen LogP contribution in [0.1, 0.15) is 32.0 Å². The van der Waals surface area contributed by atoms with Crippen LogP contribution in [-0.2, 0) is 4.74 Å². The monoisotopic (exact) mass is 542 g/mol. The molecule has 0 bridgehead atoms. The molecule has 2 heterocycles. The van der Waals surface area contributed by atoms with E-state index in [-0.39, 0.29) is 24.9 Å². The first kappa shape index (κ1) is 28.3. The molecule has 208 valence electrons. The zero-order chi connectivity index (χ0) is 28.9. The van der Waals surface area contributed by atoms with E-state index in [2.05, 4.69) is 27.1 Å². The minimum absolute atomic E-state index is 0.227. The van der Waals surface area contributed by atoms with Crippen molar-refractivity contribution in [1.29, 1.82) is 0 Å². The Morgan fingerprint density at radius 3 is 2.45 bits per heavy atom. The molecular weight excluding hydrogens is 508 g/mol. The summed E-state index contributed by atoms with van der Waals surface area (Å²) in [4.78, 5) is 23.1. The summed E-state index contributed by atoms with van der Waals surface area (Å²) in [5, 5.41) is 11.2. The van der Waals surface area contributed by atoms with Crippen LogP contribution in [0.4, 0.5) is 4.79 Å². The highest BCUT2D eigenvalue weighted by molar-refractivity contribution is 5.69. The fourth-order valence-corrected chi connectivity index (χ4v) is 3.71. The van der Waals surface area contributed by atoms with Crippen LogP contribution < -0.4 is 10.1 Å². The van der Waals surface area contributed by atoms with Gasteiger partial charge in [0, 0.05) is 25.4 Å². The lowest BCUT2D eigenvalue weighted by molar-refractivity contribution is 0.0520. The third-order valence-electron chi connectivity index (χ3n) is 5.78. The normalized spacial score (nSPS) is 11.2. The summed E-state index contributed by atoms with van der Waals surface area (Å²) in [5.74, 6) is 1.07. The zero-order valence-electron chi connectivity index (χ0n) is 23.7. The van der Waals surface area contributed by atoms with Gasteiger partial charge in [-0.05, 0) is 45.4 Å². The average molecular weight is 543 g/mol. The lowest BCUT2D eigenvalue weighted by Gasteiger charge is -2.19. The number of alkyl carbamates (subject to hydrolysis) is 1. The first-order valence-electron chi connectivity index (χ1n) is 12.9. The van der Waals surface area contributed by atoms with Crippen molar-refractivity contribution in [3.63, 3.8) is 0 Å². The third kappa shape index (κ3) is 7.02. The summed E-state index contributed by atoms with van der Waals surface area (Å²) >= 11 is 0. The van der Waals surface area contributed by atoms with E-state index in [4.69, 9.17) is 18.9 Å². The molecule has 0 fully saturated rings. The topological polar surface area (TPSA) is 116 Å². The third-order valence-corrected chi connectivity index (χ3v) is 5.78. The molecule has 1 amide bonds. The van der Waals surface area contributed by atoms with Gasteiger partial charge in [-0.1, -0.05) is 43.0 Å². The van der Waals surface area contributed by atoms with Gasteiger partial charge >= 0.3 is 6.09 Å². The second-order valence-electron chi connectivity index (χ2n) is 10.3. The second kappa shape index (κ2) is 12.0. The Morgan fingerprint density at radius 1 is 1.05 bits per heavy atom. The van der Waals surface area contributed by atoms with Crippen molar-refractivity contribution in [2.45, 2.75) is 33.3 Å². The molecule has 0 unspecified atom stereocenters. The number of para-hydroxylation sites is 1. The fourth-order valence-electron chi connectivity index (χ4n) is 3.71. The number of aryl methyl sites for hydroxylation is 1. The standard InChI is InChI=1S/C30H34N6O4/c1-19-26(33-24(18-32-19)22-14-12-21(13-15-22)20(2)36(6)7)28-35-34-27(39-28)23-10-8-9-11-25(23)38-17-16-31-29(37)40-30(3,4)5/h8-15,18H,2,16-17H2,1,3-7H3,(H,31,37). The van der Waals surface area contributed by atoms with Crippen molar-refractivity contribution in [1.82, 2.24) is 30.4 Å². The van der Waals surface area contributed by atoms with Crippen molar-refractivity contribution in [2.75, 3.05) is 27.2 Å². The summed E-state index contributed by atoms with van der Waals surface area (Å²) < 4.78 is 17.2. The fraction of sp³-hybridized carbons (Fsp3) is 0.300. The Morgan fingerprint density at radius 2 is 1.75 bits per heavy atom. The van der Waals surface area contributed by atoms with Gasteiger partial charge in [-0.3, -0.25) is 4.98 Å². The van der Waals surface area contributed by atoms with Crippen LogP contribution in [0.25, 0.3) is 40.0 Å². The summed E-state index contributed by atoms with van der Waals surface area (Å²) in [7, 11) is 3.92. The summed E-state index contributed by atoms with van der Waals surface area (Å²) in [6.07, 6.45) is 1.22. The van der Waals surface area contributed by atoms with E-state index in [1.165, 1.54) is 0 Å². The van der Waals surface area contributed by atoms with Gasteiger partial charge in [0.2, 0.25) is 0 Å². The molecule has 2 aromatic carbocycles. The van der Waals surface area contributed by atoms with Crippen LogP contribution in [0.3, 0.4) is 0 Å². The van der Waals surface area contributed by atoms with E-state index in [1.807, 2.05) is 89.2 Å². The van der Waals surface area contributed by atoms with Gasteiger partial charge in [-0.2, -0.15) is 0 Å². The molecule has 0 aliphatic rings. The number of hydrogen-bond donors (Lipinski definition) is 1. The Labute approximate surface area is 234 Å². The van der Waals surface area contributed by atoms with E-state index in [0.29, 0.717) is 28.4 Å². The lowest BCUT2D eigenvalue weighted by atomic mass is 10.1. The molecule has 10 heteroatoms. The van der Waals surface area contributed by atoms with Gasteiger partial charge in [0.15, 0.2) is 0 Å². The van der Waals surface area contributed by atoms with Gasteiger partial charge in [0.05, 0.1) is 29.7 Å². The highest BCUT2D eigenvalue weighted by atomic mass is 16.6. The number of nitrogens with one attached hydrogen (secondary N) is 1. The van der Waals surface area contributed by atoms with Crippen molar-refractivity contribution >= 4 is 11.8 Å². The first-order valence-corrected chi connectivity index (χ1v) is 12.9. The minimum atomic E-state index is -0.568. The van der Waals surface area contributed by atoms with Gasteiger partial charge in [-0.25, -0.2) is 9.78 Å². The molecule has 4 aromatic rings. The molecule has 0 spiro atoms. The van der Waals surface area contributed by atoms with E-state index in [9.17, 15) is 4.79 Å². The number of carbonyl (C=O) groups excluding carboxylic acids is 1. The molecule has 0 saturated carbocycles. The molecule has 1 N–H and O–H groups in total. The molecule has 0 aliphatic carbocycles. The Kier molecular flexibility index (Phi) is 8.47. The number of nitrogens with zero attached hydrogens (tertiary/aromatic N) is 5. The number of amides is 1. The van der Waals surface area contributed by atoms with E-state index >= 15 is 0 Å². The SMILES string of the molecule is C=C(c1ccc(-c2cnc(C)c(-c3nnc(-c4ccccc4OCCNC(=O)OC(C)(C)C)o3)n2)cc1)N(C)C.